The van der Waals surface area contributed by atoms with Crippen LogP contribution in [0.4, 0.5) is 29.2 Å². The first kappa shape index (κ1) is 22.6. The van der Waals surface area contributed by atoms with E-state index in [2.05, 4.69) is 9.97 Å². The fourth-order valence-electron chi connectivity index (χ4n) is 3.23. The van der Waals surface area contributed by atoms with Crippen LogP contribution in [-0.2, 0) is 15.8 Å². The molecule has 3 heterocycles. The number of rotatable bonds is 3. The highest BCUT2D eigenvalue weighted by Crippen LogP contribution is 2.34. The number of hydrogen-bond donors (Lipinski definition) is 2. The zero-order valence-electron chi connectivity index (χ0n) is 16.6. The lowest BCUT2D eigenvalue weighted by Crippen LogP contribution is -2.50. The molecule has 2 aromatic rings. The van der Waals surface area contributed by atoms with Crippen molar-refractivity contribution in [2.45, 2.75) is 38.3 Å². The SMILES string of the molecule is Cc1cc(C(F)(F)F)cc(N2C(=O)[C@@H](O)[C@@H](O)[C@H]2C(=O)N(C)c2ccc(F)c(C)n2)n1. The van der Waals surface area contributed by atoms with Crippen molar-refractivity contribution in [2.75, 3.05) is 16.8 Å². The molecule has 1 aliphatic heterocycles. The third-order valence-electron chi connectivity index (χ3n) is 4.86. The summed E-state index contributed by atoms with van der Waals surface area (Å²) in [5.74, 6) is -3.36. The number of aryl methyl sites for hydroxylation is 2. The van der Waals surface area contributed by atoms with Gasteiger partial charge in [0.05, 0.1) is 11.3 Å². The van der Waals surface area contributed by atoms with Crippen LogP contribution in [0.2, 0.25) is 0 Å². The lowest BCUT2D eigenvalue weighted by molar-refractivity contribution is -0.137. The molecule has 0 saturated carbocycles. The molecule has 0 aromatic carbocycles. The van der Waals surface area contributed by atoms with E-state index < -0.39 is 53.4 Å². The number of carbonyl (C=O) groups excluding carboxylic acids is 2. The van der Waals surface area contributed by atoms with Gasteiger partial charge < -0.3 is 10.2 Å². The minimum atomic E-state index is -4.76. The Morgan fingerprint density at radius 1 is 1.16 bits per heavy atom. The Hall–Kier alpha value is -3.12. The molecule has 12 heteroatoms. The molecule has 0 spiro atoms. The van der Waals surface area contributed by atoms with Gasteiger partial charge in [-0.25, -0.2) is 14.4 Å². The van der Waals surface area contributed by atoms with E-state index >= 15 is 0 Å². The fraction of sp³-hybridized carbons (Fsp3) is 0.368. The van der Waals surface area contributed by atoms with Gasteiger partial charge in [0.25, 0.3) is 11.8 Å². The molecule has 2 N–H and O–H groups in total. The van der Waals surface area contributed by atoms with Gasteiger partial charge in [0.15, 0.2) is 6.10 Å². The predicted octanol–water partition coefficient (Wildman–Crippen LogP) is 1.35. The first-order valence-corrected chi connectivity index (χ1v) is 8.98. The van der Waals surface area contributed by atoms with Crippen LogP contribution in [0.3, 0.4) is 0 Å². The highest BCUT2D eigenvalue weighted by Gasteiger charge is 2.52. The number of alkyl halides is 3. The van der Waals surface area contributed by atoms with Crippen molar-refractivity contribution >= 4 is 23.5 Å². The second kappa shape index (κ2) is 7.85. The molecule has 0 unspecified atom stereocenters. The Morgan fingerprint density at radius 3 is 2.39 bits per heavy atom. The molecule has 2 amide bonds. The molecule has 3 atom stereocenters. The van der Waals surface area contributed by atoms with Crippen molar-refractivity contribution in [3.63, 3.8) is 0 Å². The zero-order valence-corrected chi connectivity index (χ0v) is 16.6. The summed E-state index contributed by atoms with van der Waals surface area (Å²) in [5, 5.41) is 20.4. The number of aliphatic hydroxyl groups is 2. The highest BCUT2D eigenvalue weighted by molar-refractivity contribution is 6.10. The summed E-state index contributed by atoms with van der Waals surface area (Å²) in [7, 11) is 1.23. The Kier molecular flexibility index (Phi) is 5.72. The normalized spacial score (nSPS) is 21.5. The average Bonchev–Trinajstić information content (AvgIpc) is 2.91. The predicted molar refractivity (Wildman–Crippen MR) is 99.6 cm³/mol. The maximum Gasteiger partial charge on any atom is 0.416 e. The van der Waals surface area contributed by atoms with Gasteiger partial charge in [-0.2, -0.15) is 13.2 Å². The summed E-state index contributed by atoms with van der Waals surface area (Å²) in [6.07, 6.45) is -8.75. The van der Waals surface area contributed by atoms with Crippen molar-refractivity contribution < 1.29 is 37.4 Å². The van der Waals surface area contributed by atoms with Gasteiger partial charge in [-0.3, -0.25) is 19.4 Å². The summed E-state index contributed by atoms with van der Waals surface area (Å²) < 4.78 is 53.1. The summed E-state index contributed by atoms with van der Waals surface area (Å²) in [6.45, 7) is 2.62. The van der Waals surface area contributed by atoms with Crippen LogP contribution in [0.25, 0.3) is 0 Å². The maximum absolute atomic E-state index is 13.5. The number of aromatic nitrogens is 2. The lowest BCUT2D eigenvalue weighted by Gasteiger charge is -2.28. The van der Waals surface area contributed by atoms with Gasteiger partial charge in [0, 0.05) is 12.7 Å². The van der Waals surface area contributed by atoms with Crippen LogP contribution in [0.5, 0.6) is 0 Å². The zero-order chi connectivity index (χ0) is 23.2. The van der Waals surface area contributed by atoms with Gasteiger partial charge in [-0.05, 0) is 38.1 Å². The van der Waals surface area contributed by atoms with Crippen LogP contribution in [0.1, 0.15) is 17.0 Å². The molecule has 1 aliphatic rings. The van der Waals surface area contributed by atoms with Gasteiger partial charge in [0.1, 0.15) is 29.6 Å². The molecule has 2 aromatic heterocycles. The quantitative estimate of drug-likeness (QED) is 0.696. The number of aliphatic hydroxyl groups excluding tert-OH is 2. The number of nitrogens with zero attached hydrogens (tertiary/aromatic N) is 4. The summed E-state index contributed by atoms with van der Waals surface area (Å²) in [4.78, 5) is 34.8. The third kappa shape index (κ3) is 4.08. The molecule has 3 rings (SSSR count). The lowest BCUT2D eigenvalue weighted by atomic mass is 10.1. The topological polar surface area (TPSA) is 107 Å². The summed E-state index contributed by atoms with van der Waals surface area (Å²) in [5.41, 5.74) is -1.23. The van der Waals surface area contributed by atoms with Crippen molar-refractivity contribution in [1.29, 1.82) is 0 Å². The molecule has 31 heavy (non-hydrogen) atoms. The van der Waals surface area contributed by atoms with Crippen molar-refractivity contribution in [1.82, 2.24) is 9.97 Å². The number of amides is 2. The number of likely N-dealkylation sites (N-methyl/N-ethyl adjacent to an activating group) is 1. The number of carbonyl (C=O) groups is 2. The Bertz CT molecular complexity index is 1050. The van der Waals surface area contributed by atoms with Gasteiger partial charge in [-0.1, -0.05) is 0 Å². The van der Waals surface area contributed by atoms with E-state index in [0.717, 1.165) is 17.0 Å². The van der Waals surface area contributed by atoms with E-state index in [1.807, 2.05) is 0 Å². The number of anilines is 2. The molecule has 166 valence electrons. The van der Waals surface area contributed by atoms with Crippen LogP contribution in [-0.4, -0.2) is 57.3 Å². The maximum atomic E-state index is 13.5. The number of hydrogen-bond acceptors (Lipinski definition) is 6. The molecule has 1 saturated heterocycles. The van der Waals surface area contributed by atoms with E-state index in [1.165, 1.54) is 27.0 Å². The van der Waals surface area contributed by atoms with E-state index in [1.54, 1.807) is 0 Å². The molecular weight excluding hydrogens is 424 g/mol. The van der Waals surface area contributed by atoms with Crippen LogP contribution >= 0.6 is 0 Å². The van der Waals surface area contributed by atoms with Crippen molar-refractivity contribution in [3.05, 3.63) is 47.0 Å². The molecule has 0 radical (unpaired) electrons. The molecule has 8 nitrogen and oxygen atoms in total. The second-order valence-electron chi connectivity index (χ2n) is 7.08. The Morgan fingerprint density at radius 2 is 1.81 bits per heavy atom. The Labute approximate surface area is 173 Å². The molecule has 0 aliphatic carbocycles. The van der Waals surface area contributed by atoms with Gasteiger partial charge >= 0.3 is 6.18 Å². The largest absolute Gasteiger partial charge is 0.416 e. The minimum Gasteiger partial charge on any atom is -0.387 e. The van der Waals surface area contributed by atoms with E-state index in [4.69, 9.17) is 0 Å². The number of halogens is 4. The Balaban J connectivity index is 2.05. The fourth-order valence-corrected chi connectivity index (χ4v) is 3.23. The van der Waals surface area contributed by atoms with Crippen molar-refractivity contribution in [3.8, 4) is 0 Å². The monoisotopic (exact) mass is 442 g/mol. The van der Waals surface area contributed by atoms with E-state index in [9.17, 15) is 37.4 Å². The molecule has 1 fully saturated rings. The average molecular weight is 442 g/mol. The molecular formula is C19H18F4N4O4. The highest BCUT2D eigenvalue weighted by atomic mass is 19.4. The van der Waals surface area contributed by atoms with E-state index in [0.29, 0.717) is 11.0 Å². The first-order valence-electron chi connectivity index (χ1n) is 8.98. The molecule has 0 bridgehead atoms. The van der Waals surface area contributed by atoms with Crippen molar-refractivity contribution in [2.24, 2.45) is 0 Å². The summed E-state index contributed by atoms with van der Waals surface area (Å²) >= 11 is 0. The minimum absolute atomic E-state index is 0.0211. The first-order chi connectivity index (χ1) is 14.3. The third-order valence-corrected chi connectivity index (χ3v) is 4.86. The number of pyridine rings is 2. The smallest absolute Gasteiger partial charge is 0.387 e. The summed E-state index contributed by atoms with van der Waals surface area (Å²) in [6, 6.07) is 1.76. The second-order valence-corrected chi connectivity index (χ2v) is 7.08. The van der Waals surface area contributed by atoms with Crippen LogP contribution in [0, 0.1) is 19.7 Å². The van der Waals surface area contributed by atoms with Crippen LogP contribution in [0.15, 0.2) is 24.3 Å². The van der Waals surface area contributed by atoms with Crippen LogP contribution < -0.4 is 9.80 Å². The standard InChI is InChI=1S/C19H18F4N4O4/c1-8-6-10(19(21,22)23)7-13(24-8)27-14(15(28)16(29)18(27)31)17(30)26(3)12-5-4-11(20)9(2)25-12/h4-7,14-16,28-29H,1-3H3/t14-,15-,16-/m0/s1. The van der Waals surface area contributed by atoms with E-state index in [-0.39, 0.29) is 17.2 Å². The van der Waals surface area contributed by atoms with Gasteiger partial charge in [0.2, 0.25) is 0 Å². The van der Waals surface area contributed by atoms with Gasteiger partial charge in [-0.15, -0.1) is 0 Å².